The highest BCUT2D eigenvalue weighted by Crippen LogP contribution is 2.40. The minimum atomic E-state index is -4.58. The third-order valence-corrected chi connectivity index (χ3v) is 3.17. The van der Waals surface area contributed by atoms with Crippen LogP contribution in [-0.2, 0) is 4.74 Å². The Balaban J connectivity index is 2.33. The van der Waals surface area contributed by atoms with Crippen molar-refractivity contribution in [3.63, 3.8) is 0 Å². The number of hydrogen-bond donors (Lipinski definition) is 2. The van der Waals surface area contributed by atoms with Gasteiger partial charge in [-0.1, -0.05) is 13.8 Å². The Hall–Kier alpha value is -0.330. The average molecular weight is 269 g/mol. The van der Waals surface area contributed by atoms with E-state index in [0.29, 0.717) is 18.8 Å². The monoisotopic (exact) mass is 269 g/mol. The Morgan fingerprint density at radius 2 is 1.94 bits per heavy atom. The molecule has 0 bridgehead atoms. The smallest absolute Gasteiger partial charge is 0.395 e. The predicted molar refractivity (Wildman–Crippen MR) is 62.0 cm³/mol. The van der Waals surface area contributed by atoms with E-state index in [1.54, 1.807) is 0 Å². The van der Waals surface area contributed by atoms with Crippen LogP contribution >= 0.6 is 0 Å². The van der Waals surface area contributed by atoms with Crippen molar-refractivity contribution in [2.75, 3.05) is 6.61 Å². The number of ether oxygens (including phenoxy) is 1. The quantitative estimate of drug-likeness (QED) is 0.778. The second kappa shape index (κ2) is 5.75. The first-order valence-electron chi connectivity index (χ1n) is 6.27. The van der Waals surface area contributed by atoms with Gasteiger partial charge in [-0.25, -0.2) is 0 Å². The average Bonchev–Trinajstić information content (AvgIpc) is 2.10. The summed E-state index contributed by atoms with van der Waals surface area (Å²) in [5.74, 6) is 0.438. The van der Waals surface area contributed by atoms with Crippen LogP contribution in [0.25, 0.3) is 0 Å². The first kappa shape index (κ1) is 15.7. The van der Waals surface area contributed by atoms with Gasteiger partial charge in [-0.2, -0.15) is 0 Å². The van der Waals surface area contributed by atoms with Crippen LogP contribution in [-0.4, -0.2) is 35.8 Å². The molecule has 0 amide bonds. The summed E-state index contributed by atoms with van der Waals surface area (Å²) in [5, 5.41) is 12.4. The second-order valence-electron chi connectivity index (χ2n) is 5.78. The molecule has 1 fully saturated rings. The Kier molecular flexibility index (Phi) is 5.03. The Morgan fingerprint density at radius 1 is 1.39 bits per heavy atom. The summed E-state index contributed by atoms with van der Waals surface area (Å²) in [4.78, 5) is 0. The summed E-state index contributed by atoms with van der Waals surface area (Å²) in [6.07, 6.45) is -3.12. The van der Waals surface area contributed by atoms with Crippen molar-refractivity contribution in [3.05, 3.63) is 0 Å². The molecule has 6 heteroatoms. The highest BCUT2D eigenvalue weighted by molar-refractivity contribution is 4.98. The van der Waals surface area contributed by atoms with Crippen molar-refractivity contribution in [2.45, 2.75) is 64.1 Å². The normalized spacial score (nSPS) is 30.3. The van der Waals surface area contributed by atoms with Crippen LogP contribution in [0.4, 0.5) is 13.2 Å². The molecular weight excluding hydrogens is 247 g/mol. The first-order chi connectivity index (χ1) is 8.13. The minimum absolute atomic E-state index is 0.00548. The number of alkyl halides is 3. The molecule has 1 atom stereocenters. The third kappa shape index (κ3) is 5.12. The predicted octanol–water partition coefficient (Wildman–Crippen LogP) is 2.44. The van der Waals surface area contributed by atoms with E-state index >= 15 is 0 Å². The Labute approximate surface area is 106 Å². The molecule has 0 saturated heterocycles. The molecule has 1 aliphatic carbocycles. The summed E-state index contributed by atoms with van der Waals surface area (Å²) >= 11 is 0. The van der Waals surface area contributed by atoms with Gasteiger partial charge >= 0.3 is 6.36 Å². The summed E-state index contributed by atoms with van der Waals surface area (Å²) in [5.41, 5.74) is -1.12. The maximum absolute atomic E-state index is 12.1. The minimum Gasteiger partial charge on any atom is -0.395 e. The fourth-order valence-electron chi connectivity index (χ4n) is 2.56. The maximum atomic E-state index is 12.1. The first-order valence-corrected chi connectivity index (χ1v) is 6.27. The fourth-order valence-corrected chi connectivity index (χ4v) is 2.56. The van der Waals surface area contributed by atoms with E-state index in [4.69, 9.17) is 0 Å². The van der Waals surface area contributed by atoms with Gasteiger partial charge in [0.25, 0.3) is 0 Å². The SMILES string of the molecule is CC(C)C[C@H](CO)NC1CC(C)(OC(F)(F)F)C1. The van der Waals surface area contributed by atoms with Crippen molar-refractivity contribution in [3.8, 4) is 0 Å². The molecule has 0 aliphatic heterocycles. The van der Waals surface area contributed by atoms with E-state index < -0.39 is 12.0 Å². The number of halogens is 3. The van der Waals surface area contributed by atoms with Crippen LogP contribution in [0.5, 0.6) is 0 Å². The van der Waals surface area contributed by atoms with E-state index in [2.05, 4.69) is 10.1 Å². The molecule has 0 spiro atoms. The van der Waals surface area contributed by atoms with Crippen molar-refractivity contribution >= 4 is 0 Å². The zero-order chi connectivity index (χ0) is 14.0. The lowest BCUT2D eigenvalue weighted by Gasteiger charge is -2.46. The second-order valence-corrected chi connectivity index (χ2v) is 5.78. The Bertz CT molecular complexity index is 263. The van der Waals surface area contributed by atoms with Crippen LogP contribution in [0.15, 0.2) is 0 Å². The lowest BCUT2D eigenvalue weighted by atomic mass is 9.76. The van der Waals surface area contributed by atoms with Gasteiger partial charge in [-0.3, -0.25) is 4.74 Å². The summed E-state index contributed by atoms with van der Waals surface area (Å²) < 4.78 is 40.4. The fraction of sp³-hybridized carbons (Fsp3) is 1.00. The van der Waals surface area contributed by atoms with Gasteiger partial charge < -0.3 is 10.4 Å². The summed E-state index contributed by atoms with van der Waals surface area (Å²) in [7, 11) is 0. The Morgan fingerprint density at radius 3 is 2.33 bits per heavy atom. The van der Waals surface area contributed by atoms with Gasteiger partial charge in [0.15, 0.2) is 0 Å². The van der Waals surface area contributed by atoms with E-state index in [9.17, 15) is 18.3 Å². The van der Waals surface area contributed by atoms with E-state index in [1.807, 2.05) is 13.8 Å². The van der Waals surface area contributed by atoms with E-state index in [-0.39, 0.29) is 18.7 Å². The third-order valence-electron chi connectivity index (χ3n) is 3.17. The van der Waals surface area contributed by atoms with E-state index in [0.717, 1.165) is 6.42 Å². The molecule has 0 aromatic heterocycles. The van der Waals surface area contributed by atoms with Crippen LogP contribution in [0.1, 0.15) is 40.0 Å². The van der Waals surface area contributed by atoms with Gasteiger partial charge in [0.05, 0.1) is 12.2 Å². The zero-order valence-electron chi connectivity index (χ0n) is 11.0. The number of nitrogens with one attached hydrogen (secondary N) is 1. The topological polar surface area (TPSA) is 41.5 Å². The highest BCUT2D eigenvalue weighted by Gasteiger charge is 2.49. The zero-order valence-corrected chi connectivity index (χ0v) is 11.0. The van der Waals surface area contributed by atoms with Crippen LogP contribution in [0.2, 0.25) is 0 Å². The van der Waals surface area contributed by atoms with E-state index in [1.165, 1.54) is 6.92 Å². The van der Waals surface area contributed by atoms with Crippen LogP contribution < -0.4 is 5.32 Å². The van der Waals surface area contributed by atoms with Gasteiger partial charge in [0.1, 0.15) is 0 Å². The molecule has 0 unspecified atom stereocenters. The van der Waals surface area contributed by atoms with Gasteiger partial charge in [-0.15, -0.1) is 13.2 Å². The number of aliphatic hydroxyl groups is 1. The number of hydrogen-bond acceptors (Lipinski definition) is 3. The van der Waals surface area contributed by atoms with Crippen molar-refractivity contribution < 1.29 is 23.0 Å². The molecular formula is C12H22F3NO2. The lowest BCUT2D eigenvalue weighted by molar-refractivity contribution is -0.377. The van der Waals surface area contributed by atoms with Gasteiger partial charge in [0, 0.05) is 12.1 Å². The molecule has 3 nitrogen and oxygen atoms in total. The van der Waals surface area contributed by atoms with Crippen LogP contribution in [0, 0.1) is 5.92 Å². The lowest BCUT2D eigenvalue weighted by Crippen LogP contribution is -2.57. The highest BCUT2D eigenvalue weighted by atomic mass is 19.4. The molecule has 0 radical (unpaired) electrons. The number of rotatable bonds is 6. The van der Waals surface area contributed by atoms with Crippen molar-refractivity contribution in [1.82, 2.24) is 5.32 Å². The van der Waals surface area contributed by atoms with Crippen molar-refractivity contribution in [1.29, 1.82) is 0 Å². The standard InChI is InChI=1S/C12H22F3NO2/c1-8(2)4-9(7-17)16-10-5-11(3,6-10)18-12(13,14)15/h8-10,16-17H,4-7H2,1-3H3/t9-,10?,11?/m1/s1. The number of aliphatic hydroxyl groups excluding tert-OH is 1. The largest absolute Gasteiger partial charge is 0.523 e. The maximum Gasteiger partial charge on any atom is 0.523 e. The molecule has 18 heavy (non-hydrogen) atoms. The molecule has 0 heterocycles. The van der Waals surface area contributed by atoms with Gasteiger partial charge in [0.2, 0.25) is 0 Å². The molecule has 1 rings (SSSR count). The molecule has 108 valence electrons. The molecule has 2 N–H and O–H groups in total. The van der Waals surface area contributed by atoms with Crippen LogP contribution in [0.3, 0.4) is 0 Å². The molecule has 0 aromatic rings. The summed E-state index contributed by atoms with van der Waals surface area (Å²) in [6, 6.07) is -0.0568. The molecule has 1 saturated carbocycles. The van der Waals surface area contributed by atoms with Crippen molar-refractivity contribution in [2.24, 2.45) is 5.92 Å². The molecule has 1 aliphatic rings. The van der Waals surface area contributed by atoms with Gasteiger partial charge in [-0.05, 0) is 32.1 Å². The summed E-state index contributed by atoms with van der Waals surface area (Å²) in [6.45, 7) is 5.56. The molecule has 0 aromatic carbocycles.